The fourth-order valence-electron chi connectivity index (χ4n) is 1.91. The molecule has 0 aromatic carbocycles. The van der Waals surface area contributed by atoms with Crippen LogP contribution < -0.4 is 5.32 Å². The van der Waals surface area contributed by atoms with Gasteiger partial charge in [-0.25, -0.2) is 9.50 Å². The topological polar surface area (TPSA) is 72.9 Å². The molecule has 3 aromatic heterocycles. The second kappa shape index (κ2) is 4.77. The number of hydrogen-bond donors (Lipinski definition) is 1. The van der Waals surface area contributed by atoms with Gasteiger partial charge in [0, 0.05) is 37.6 Å². The van der Waals surface area contributed by atoms with Crippen molar-refractivity contribution in [1.82, 2.24) is 34.7 Å². The minimum Gasteiger partial charge on any atom is -0.320 e. The van der Waals surface area contributed by atoms with Gasteiger partial charge in [0.05, 0.1) is 12.2 Å². The van der Waals surface area contributed by atoms with E-state index in [0.717, 1.165) is 22.7 Å². The van der Waals surface area contributed by atoms with E-state index in [1.165, 1.54) is 0 Å². The lowest BCUT2D eigenvalue weighted by atomic mass is 10.3. The van der Waals surface area contributed by atoms with Crippen LogP contribution in [0.5, 0.6) is 0 Å². The zero-order chi connectivity index (χ0) is 13.2. The van der Waals surface area contributed by atoms with Crippen LogP contribution in [-0.2, 0) is 20.1 Å². The number of hydrogen-bond acceptors (Lipinski definition) is 5. The average Bonchev–Trinajstić information content (AvgIpc) is 2.94. The Morgan fingerprint density at radius 1 is 1.32 bits per heavy atom. The molecule has 0 amide bonds. The van der Waals surface area contributed by atoms with Gasteiger partial charge < -0.3 is 9.88 Å². The maximum atomic E-state index is 4.36. The maximum Gasteiger partial charge on any atom is 0.155 e. The molecule has 0 saturated carbocycles. The molecular formula is C12H15N7. The largest absolute Gasteiger partial charge is 0.320 e. The molecule has 98 valence electrons. The summed E-state index contributed by atoms with van der Waals surface area (Å²) >= 11 is 0. The fraction of sp³-hybridized carbons (Fsp3) is 0.333. The van der Waals surface area contributed by atoms with E-state index in [9.17, 15) is 0 Å². The minimum atomic E-state index is 0.673. The molecule has 0 bridgehead atoms. The summed E-state index contributed by atoms with van der Waals surface area (Å²) in [6, 6.07) is 1.96. The zero-order valence-electron chi connectivity index (χ0n) is 10.9. The lowest BCUT2D eigenvalue weighted by Crippen LogP contribution is -2.16. The summed E-state index contributed by atoms with van der Waals surface area (Å²) in [6.07, 6.45) is 5.54. The van der Waals surface area contributed by atoms with Crippen molar-refractivity contribution >= 4 is 5.65 Å². The smallest absolute Gasteiger partial charge is 0.155 e. The van der Waals surface area contributed by atoms with Crippen LogP contribution in [0, 0.1) is 6.92 Å². The van der Waals surface area contributed by atoms with Gasteiger partial charge in [-0.05, 0) is 6.92 Å². The Bertz CT molecular complexity index is 697. The van der Waals surface area contributed by atoms with E-state index in [4.69, 9.17) is 0 Å². The van der Waals surface area contributed by atoms with Gasteiger partial charge in [-0.2, -0.15) is 5.10 Å². The predicted molar refractivity (Wildman–Crippen MR) is 69.3 cm³/mol. The van der Waals surface area contributed by atoms with Crippen molar-refractivity contribution in [3.8, 4) is 0 Å². The van der Waals surface area contributed by atoms with Crippen LogP contribution in [0.4, 0.5) is 0 Å². The van der Waals surface area contributed by atoms with Gasteiger partial charge in [0.15, 0.2) is 5.65 Å². The van der Waals surface area contributed by atoms with Gasteiger partial charge in [-0.3, -0.25) is 0 Å². The minimum absolute atomic E-state index is 0.673. The summed E-state index contributed by atoms with van der Waals surface area (Å²) in [6.45, 7) is 3.35. The molecule has 0 aliphatic heterocycles. The van der Waals surface area contributed by atoms with Gasteiger partial charge in [0.2, 0.25) is 0 Å². The highest BCUT2D eigenvalue weighted by Gasteiger charge is 2.02. The first-order valence-corrected chi connectivity index (χ1v) is 6.07. The molecule has 0 saturated heterocycles. The number of nitrogens with zero attached hydrogens (tertiary/aromatic N) is 6. The van der Waals surface area contributed by atoms with E-state index < -0.39 is 0 Å². The molecule has 19 heavy (non-hydrogen) atoms. The summed E-state index contributed by atoms with van der Waals surface area (Å²) in [5, 5.41) is 15.5. The summed E-state index contributed by atoms with van der Waals surface area (Å²) in [5.41, 5.74) is 2.92. The third-order valence-electron chi connectivity index (χ3n) is 2.91. The first kappa shape index (κ1) is 11.8. The van der Waals surface area contributed by atoms with Crippen LogP contribution in [0.3, 0.4) is 0 Å². The summed E-state index contributed by atoms with van der Waals surface area (Å²) in [4.78, 5) is 4.36. The second-order valence-electron chi connectivity index (χ2n) is 4.51. The Hall–Kier alpha value is -2.28. The molecule has 7 heteroatoms. The summed E-state index contributed by atoms with van der Waals surface area (Å²) in [5.74, 6) is 0.906. The molecule has 0 aliphatic carbocycles. The molecule has 0 radical (unpaired) electrons. The van der Waals surface area contributed by atoms with Gasteiger partial charge in [0.1, 0.15) is 12.2 Å². The Morgan fingerprint density at radius 2 is 2.21 bits per heavy atom. The lowest BCUT2D eigenvalue weighted by Gasteiger charge is -2.04. The molecule has 0 unspecified atom stereocenters. The second-order valence-corrected chi connectivity index (χ2v) is 4.51. The summed E-state index contributed by atoms with van der Waals surface area (Å²) < 4.78 is 3.69. The van der Waals surface area contributed by atoms with Gasteiger partial charge in [-0.15, -0.1) is 10.2 Å². The van der Waals surface area contributed by atoms with Crippen molar-refractivity contribution in [2.45, 2.75) is 20.0 Å². The average molecular weight is 257 g/mol. The lowest BCUT2D eigenvalue weighted by molar-refractivity contribution is 0.633. The Balaban J connectivity index is 1.66. The molecule has 0 spiro atoms. The van der Waals surface area contributed by atoms with Crippen molar-refractivity contribution in [3.63, 3.8) is 0 Å². The quantitative estimate of drug-likeness (QED) is 0.735. The van der Waals surface area contributed by atoms with Gasteiger partial charge in [-0.1, -0.05) is 0 Å². The molecule has 7 nitrogen and oxygen atoms in total. The maximum absolute atomic E-state index is 4.36. The van der Waals surface area contributed by atoms with E-state index in [-0.39, 0.29) is 0 Å². The van der Waals surface area contributed by atoms with Crippen LogP contribution in [0.15, 0.2) is 24.8 Å². The highest BCUT2D eigenvalue weighted by molar-refractivity contribution is 5.38. The number of rotatable bonds is 4. The number of aryl methyl sites for hydroxylation is 2. The van der Waals surface area contributed by atoms with Crippen molar-refractivity contribution < 1.29 is 0 Å². The monoisotopic (exact) mass is 257 g/mol. The molecule has 3 rings (SSSR count). The fourth-order valence-corrected chi connectivity index (χ4v) is 1.91. The van der Waals surface area contributed by atoms with Crippen LogP contribution in [0.2, 0.25) is 0 Å². The van der Waals surface area contributed by atoms with Crippen LogP contribution in [-0.4, -0.2) is 29.4 Å². The predicted octanol–water partition coefficient (Wildman–Crippen LogP) is 0.456. The third kappa shape index (κ3) is 2.45. The molecule has 3 aromatic rings. The normalized spacial score (nSPS) is 11.3. The molecule has 3 heterocycles. The van der Waals surface area contributed by atoms with Gasteiger partial charge in [0.25, 0.3) is 0 Å². The Morgan fingerprint density at radius 3 is 3.00 bits per heavy atom. The van der Waals surface area contributed by atoms with Crippen LogP contribution in [0.1, 0.15) is 17.1 Å². The molecular weight excluding hydrogens is 242 g/mol. The highest BCUT2D eigenvalue weighted by atomic mass is 15.3. The van der Waals surface area contributed by atoms with Crippen molar-refractivity contribution in [3.05, 3.63) is 41.9 Å². The molecule has 0 atom stereocenters. The van der Waals surface area contributed by atoms with E-state index in [2.05, 4.69) is 25.6 Å². The zero-order valence-corrected chi connectivity index (χ0v) is 10.9. The van der Waals surface area contributed by atoms with Gasteiger partial charge >= 0.3 is 0 Å². The van der Waals surface area contributed by atoms with Crippen LogP contribution in [0.25, 0.3) is 5.65 Å². The number of nitrogens with one attached hydrogen (secondary N) is 1. The number of aromatic nitrogens is 6. The van der Waals surface area contributed by atoms with Crippen molar-refractivity contribution in [1.29, 1.82) is 0 Å². The highest BCUT2D eigenvalue weighted by Crippen LogP contribution is 2.04. The van der Waals surface area contributed by atoms with E-state index in [1.807, 2.05) is 37.0 Å². The Kier molecular flexibility index (Phi) is 2.96. The number of fused-ring (bicyclic) bond motifs is 1. The Labute approximate surface area is 110 Å². The third-order valence-corrected chi connectivity index (χ3v) is 2.91. The standard InChI is InChI=1S/C12H15N7/c1-9-3-11-14-5-10(7-19(11)17-9)4-13-6-12-16-15-8-18(12)2/h3,5,7-8,13H,4,6H2,1-2H3. The molecule has 0 aliphatic rings. The first-order chi connectivity index (χ1) is 9.22. The van der Waals surface area contributed by atoms with E-state index in [1.54, 1.807) is 10.8 Å². The van der Waals surface area contributed by atoms with Crippen molar-refractivity contribution in [2.24, 2.45) is 7.05 Å². The molecule has 1 N–H and O–H groups in total. The van der Waals surface area contributed by atoms with E-state index in [0.29, 0.717) is 13.1 Å². The first-order valence-electron chi connectivity index (χ1n) is 6.07. The van der Waals surface area contributed by atoms with E-state index >= 15 is 0 Å². The summed E-state index contributed by atoms with van der Waals surface area (Å²) in [7, 11) is 1.93. The SMILES string of the molecule is Cc1cc2ncc(CNCc3nncn3C)cn2n1. The molecule has 0 fully saturated rings. The van der Waals surface area contributed by atoms with Crippen LogP contribution >= 0.6 is 0 Å². The van der Waals surface area contributed by atoms with Crippen molar-refractivity contribution in [2.75, 3.05) is 0 Å².